The average molecular weight is 445 g/mol. The number of benzene rings is 3. The summed E-state index contributed by atoms with van der Waals surface area (Å²) in [7, 11) is 1.80. The Morgan fingerprint density at radius 2 is 1.53 bits per heavy atom. The highest BCUT2D eigenvalue weighted by Gasteiger charge is 2.25. The number of nitrogens with zero attached hydrogens (tertiary/aromatic N) is 2. The van der Waals surface area contributed by atoms with Gasteiger partial charge in [-0.1, -0.05) is 48.5 Å². The highest BCUT2D eigenvalue weighted by Crippen LogP contribution is 2.36. The molecular formula is C25H24N4O2S. The largest absolute Gasteiger partial charge is 0.399 e. The van der Waals surface area contributed by atoms with Crippen molar-refractivity contribution >= 4 is 29.0 Å². The van der Waals surface area contributed by atoms with Crippen LogP contribution >= 0.6 is 11.8 Å². The molecule has 0 saturated carbocycles. The maximum Gasteiger partial charge on any atom is 0.295 e. The average Bonchev–Trinajstić information content (AvgIpc) is 3.02. The summed E-state index contributed by atoms with van der Waals surface area (Å²) in [5.74, 6) is -0.260. The van der Waals surface area contributed by atoms with E-state index in [0.717, 1.165) is 16.1 Å². The number of carbonyl (C=O) groups excluding carboxylic acids is 1. The summed E-state index contributed by atoms with van der Waals surface area (Å²) in [6.45, 7) is 1.82. The normalized spacial score (nSPS) is 11.8. The molecule has 0 spiro atoms. The molecule has 32 heavy (non-hydrogen) atoms. The van der Waals surface area contributed by atoms with Crippen molar-refractivity contribution in [1.29, 1.82) is 0 Å². The lowest BCUT2D eigenvalue weighted by Gasteiger charge is -2.17. The lowest BCUT2D eigenvalue weighted by molar-refractivity contribution is -0.115. The summed E-state index contributed by atoms with van der Waals surface area (Å²) in [5, 5.41) is 2.36. The molecule has 1 heterocycles. The molecular weight excluding hydrogens is 420 g/mol. The standard InChI is InChI=1S/C25H24N4O2S/c1-17-22(25(31)29(28(17)2)20-11-7-4-8-12-20)27-24(30)23(18-9-5-3-6-10-18)32-21-15-13-19(26)14-16-21/h3-16,23H,26H2,1-2H3,(H,27,30). The Bertz CT molecular complexity index is 1280. The zero-order valence-electron chi connectivity index (χ0n) is 17.9. The van der Waals surface area contributed by atoms with E-state index in [2.05, 4.69) is 5.32 Å². The molecule has 1 aromatic heterocycles. The first-order valence-electron chi connectivity index (χ1n) is 10.2. The van der Waals surface area contributed by atoms with Gasteiger partial charge in [-0.15, -0.1) is 11.8 Å². The van der Waals surface area contributed by atoms with Crippen molar-refractivity contribution in [3.63, 3.8) is 0 Å². The number of hydrogen-bond acceptors (Lipinski definition) is 4. The number of nitrogens with one attached hydrogen (secondary N) is 1. The minimum Gasteiger partial charge on any atom is -0.399 e. The van der Waals surface area contributed by atoms with Crippen LogP contribution in [-0.2, 0) is 11.8 Å². The molecule has 1 amide bonds. The van der Waals surface area contributed by atoms with Gasteiger partial charge in [-0.25, -0.2) is 4.68 Å². The van der Waals surface area contributed by atoms with Gasteiger partial charge in [-0.3, -0.25) is 14.3 Å². The molecule has 4 rings (SSSR count). The van der Waals surface area contributed by atoms with Gasteiger partial charge < -0.3 is 11.1 Å². The van der Waals surface area contributed by atoms with E-state index >= 15 is 0 Å². The number of thioether (sulfide) groups is 1. The molecule has 4 aromatic rings. The second-order valence-electron chi connectivity index (χ2n) is 7.40. The smallest absolute Gasteiger partial charge is 0.295 e. The Hall–Kier alpha value is -3.71. The molecule has 0 fully saturated rings. The Morgan fingerprint density at radius 1 is 0.938 bits per heavy atom. The van der Waals surface area contributed by atoms with E-state index < -0.39 is 5.25 Å². The molecule has 0 radical (unpaired) electrons. The molecule has 3 aromatic carbocycles. The fourth-order valence-corrected chi connectivity index (χ4v) is 4.51. The SMILES string of the molecule is Cc1c(NC(=O)C(Sc2ccc(N)cc2)c2ccccc2)c(=O)n(-c2ccccc2)n1C. The van der Waals surface area contributed by atoms with E-state index in [1.165, 1.54) is 11.8 Å². The minimum absolute atomic E-state index is 0.260. The molecule has 162 valence electrons. The molecule has 1 unspecified atom stereocenters. The van der Waals surface area contributed by atoms with Crippen LogP contribution in [0.3, 0.4) is 0 Å². The van der Waals surface area contributed by atoms with Crippen LogP contribution in [-0.4, -0.2) is 15.3 Å². The molecule has 0 aliphatic carbocycles. The van der Waals surface area contributed by atoms with Gasteiger partial charge in [0.05, 0.1) is 11.4 Å². The molecule has 1 atom stereocenters. The predicted octanol–water partition coefficient (Wildman–Crippen LogP) is 4.54. The molecule has 7 heteroatoms. The zero-order valence-corrected chi connectivity index (χ0v) is 18.7. The van der Waals surface area contributed by atoms with Crippen molar-refractivity contribution in [2.45, 2.75) is 17.1 Å². The minimum atomic E-state index is -0.538. The number of para-hydroxylation sites is 1. The Balaban J connectivity index is 1.68. The summed E-state index contributed by atoms with van der Waals surface area (Å²) in [4.78, 5) is 27.6. The summed E-state index contributed by atoms with van der Waals surface area (Å²) >= 11 is 1.41. The number of rotatable bonds is 6. The first-order chi connectivity index (χ1) is 15.5. The quantitative estimate of drug-likeness (QED) is 0.338. The van der Waals surface area contributed by atoms with Gasteiger partial charge in [0.25, 0.3) is 5.56 Å². The summed E-state index contributed by atoms with van der Waals surface area (Å²) in [6.07, 6.45) is 0. The Labute approximate surface area is 190 Å². The topological polar surface area (TPSA) is 82.1 Å². The lowest BCUT2D eigenvalue weighted by atomic mass is 10.1. The third-order valence-corrected chi connectivity index (χ3v) is 6.54. The fraction of sp³-hybridized carbons (Fsp3) is 0.120. The highest BCUT2D eigenvalue weighted by molar-refractivity contribution is 8.00. The van der Waals surface area contributed by atoms with E-state index in [0.29, 0.717) is 11.4 Å². The molecule has 0 saturated heterocycles. The van der Waals surface area contributed by atoms with E-state index in [4.69, 9.17) is 5.73 Å². The van der Waals surface area contributed by atoms with Gasteiger partial charge in [-0.2, -0.15) is 0 Å². The highest BCUT2D eigenvalue weighted by atomic mass is 32.2. The van der Waals surface area contributed by atoms with Gasteiger partial charge in [0.15, 0.2) is 0 Å². The summed E-state index contributed by atoms with van der Waals surface area (Å²) in [6, 6.07) is 26.3. The third kappa shape index (κ3) is 4.33. The van der Waals surface area contributed by atoms with Crippen molar-refractivity contribution in [1.82, 2.24) is 9.36 Å². The van der Waals surface area contributed by atoms with Crippen molar-refractivity contribution in [3.8, 4) is 5.69 Å². The number of aromatic nitrogens is 2. The van der Waals surface area contributed by atoms with E-state index in [9.17, 15) is 9.59 Å². The maximum atomic E-state index is 13.4. The van der Waals surface area contributed by atoms with Crippen molar-refractivity contribution in [3.05, 3.63) is 107 Å². The van der Waals surface area contributed by atoms with Crippen molar-refractivity contribution in [2.24, 2.45) is 7.05 Å². The van der Waals surface area contributed by atoms with Crippen LogP contribution in [0.25, 0.3) is 5.69 Å². The van der Waals surface area contributed by atoms with Gasteiger partial charge in [0.1, 0.15) is 10.9 Å². The van der Waals surface area contributed by atoms with Crippen LogP contribution < -0.4 is 16.6 Å². The van der Waals surface area contributed by atoms with Gasteiger partial charge in [0.2, 0.25) is 5.91 Å². The van der Waals surface area contributed by atoms with E-state index in [1.807, 2.05) is 91.9 Å². The molecule has 6 nitrogen and oxygen atoms in total. The second-order valence-corrected chi connectivity index (χ2v) is 8.58. The number of amides is 1. The first kappa shape index (κ1) is 21.5. The fourth-order valence-electron chi connectivity index (χ4n) is 3.48. The van der Waals surface area contributed by atoms with Crippen LogP contribution in [0.1, 0.15) is 16.5 Å². The first-order valence-corrected chi connectivity index (χ1v) is 11.1. The number of nitrogen functional groups attached to an aromatic ring is 1. The predicted molar refractivity (Wildman–Crippen MR) is 130 cm³/mol. The lowest BCUT2D eigenvalue weighted by Crippen LogP contribution is -2.25. The van der Waals surface area contributed by atoms with Gasteiger partial charge >= 0.3 is 0 Å². The number of nitrogens with two attached hydrogens (primary N) is 1. The maximum absolute atomic E-state index is 13.4. The number of carbonyl (C=O) groups is 1. The molecule has 0 aliphatic rings. The van der Waals surface area contributed by atoms with Crippen molar-refractivity contribution in [2.75, 3.05) is 11.1 Å². The van der Waals surface area contributed by atoms with Crippen LogP contribution in [0.5, 0.6) is 0 Å². The zero-order chi connectivity index (χ0) is 22.7. The number of anilines is 2. The van der Waals surface area contributed by atoms with E-state index in [1.54, 1.807) is 16.4 Å². The van der Waals surface area contributed by atoms with Gasteiger partial charge in [-0.05, 0) is 48.9 Å². The Morgan fingerprint density at radius 3 is 2.16 bits per heavy atom. The molecule has 3 N–H and O–H groups in total. The third-order valence-electron chi connectivity index (χ3n) is 5.28. The van der Waals surface area contributed by atoms with Crippen LogP contribution in [0.15, 0.2) is 94.6 Å². The van der Waals surface area contributed by atoms with Crippen molar-refractivity contribution < 1.29 is 4.79 Å². The van der Waals surface area contributed by atoms with Crippen LogP contribution in [0, 0.1) is 6.92 Å². The monoisotopic (exact) mass is 444 g/mol. The summed E-state index contributed by atoms with van der Waals surface area (Å²) < 4.78 is 3.30. The molecule has 0 aliphatic heterocycles. The molecule has 0 bridgehead atoms. The number of hydrogen-bond donors (Lipinski definition) is 2. The van der Waals surface area contributed by atoms with E-state index in [-0.39, 0.29) is 17.2 Å². The summed E-state index contributed by atoms with van der Waals surface area (Å²) in [5.41, 5.74) is 8.74. The van der Waals surface area contributed by atoms with Gasteiger partial charge in [0, 0.05) is 17.6 Å². The Kier molecular flexibility index (Phi) is 6.18. The van der Waals surface area contributed by atoms with Crippen LogP contribution in [0.2, 0.25) is 0 Å². The second kappa shape index (κ2) is 9.20. The van der Waals surface area contributed by atoms with Crippen LogP contribution in [0.4, 0.5) is 11.4 Å².